The van der Waals surface area contributed by atoms with Crippen LogP contribution in [0.5, 0.6) is 0 Å². The number of aromatic nitrogens is 2. The van der Waals surface area contributed by atoms with E-state index >= 15 is 0 Å². The van der Waals surface area contributed by atoms with E-state index in [0.717, 1.165) is 11.4 Å². The molecule has 0 saturated heterocycles. The summed E-state index contributed by atoms with van der Waals surface area (Å²) in [6.07, 6.45) is 3.92. The highest BCUT2D eigenvalue weighted by atomic mass is 127. The summed E-state index contributed by atoms with van der Waals surface area (Å²) in [5.41, 5.74) is 2.18. The van der Waals surface area contributed by atoms with Gasteiger partial charge in [0.05, 0.1) is 11.9 Å². The molecule has 10 heavy (non-hydrogen) atoms. The van der Waals surface area contributed by atoms with Gasteiger partial charge in [-0.1, -0.05) is 0 Å². The van der Waals surface area contributed by atoms with Crippen molar-refractivity contribution in [1.29, 1.82) is 0 Å². The fraction of sp³-hybridized carbons (Fsp3) is 0.167. The van der Waals surface area contributed by atoms with Gasteiger partial charge in [-0.05, 0) is 10.2 Å². The third kappa shape index (κ3) is 0.828. The lowest BCUT2D eigenvalue weighted by Gasteiger charge is -1.97. The van der Waals surface area contributed by atoms with Crippen LogP contribution in [0.3, 0.4) is 0 Å². The first-order valence-corrected chi connectivity index (χ1v) is 5.11. The van der Waals surface area contributed by atoms with E-state index in [0.29, 0.717) is 0 Å². The largest absolute Gasteiger partial charge is 0.266 e. The lowest BCUT2D eigenvalue weighted by molar-refractivity contribution is 0.760. The Bertz CT molecular complexity index is 311. The summed E-state index contributed by atoms with van der Waals surface area (Å²) in [5.74, 6) is 0. The number of aryl methyl sites for hydroxylation is 1. The average molecular weight is 247 g/mol. The van der Waals surface area contributed by atoms with E-state index in [2.05, 4.69) is 18.4 Å². The van der Waals surface area contributed by atoms with E-state index in [1.165, 1.54) is 0 Å². The van der Waals surface area contributed by atoms with Crippen LogP contribution in [0.15, 0.2) is 13.4 Å². The first kappa shape index (κ1) is 6.21. The van der Waals surface area contributed by atoms with E-state index in [-0.39, 0.29) is 21.0 Å². The molecular formula is C6H6IN3. The van der Waals surface area contributed by atoms with E-state index in [4.69, 9.17) is 0 Å². The molecule has 1 aromatic heterocycles. The van der Waals surface area contributed by atoms with Gasteiger partial charge in [0.25, 0.3) is 0 Å². The zero-order chi connectivity index (χ0) is 6.97. The van der Waals surface area contributed by atoms with E-state index in [1.54, 1.807) is 0 Å². The highest BCUT2D eigenvalue weighted by Gasteiger charge is 2.04. The predicted molar refractivity (Wildman–Crippen MR) is 48.4 cm³/mol. The summed E-state index contributed by atoms with van der Waals surface area (Å²) in [6.45, 7) is 0. The lowest BCUT2D eigenvalue weighted by Crippen LogP contribution is -1.91. The Morgan fingerprint density at radius 2 is 2.50 bits per heavy atom. The normalized spacial score (nSPS) is 14.5. The van der Waals surface area contributed by atoms with Crippen molar-refractivity contribution in [3.05, 3.63) is 16.0 Å². The number of rotatable bonds is 0. The molecule has 0 bridgehead atoms. The molecule has 1 aromatic rings. The third-order valence-corrected chi connectivity index (χ3v) is 2.86. The van der Waals surface area contributed by atoms with Crippen LogP contribution in [-0.2, 0) is 7.05 Å². The summed E-state index contributed by atoms with van der Waals surface area (Å²) in [7, 11) is 1.93. The van der Waals surface area contributed by atoms with Crippen LogP contribution in [0.2, 0.25) is 0 Å². The number of halogens is 1. The van der Waals surface area contributed by atoms with Gasteiger partial charge >= 0.3 is 0 Å². The molecule has 0 N–H and O–H groups in total. The van der Waals surface area contributed by atoms with E-state index in [9.17, 15) is 0 Å². The zero-order valence-corrected chi connectivity index (χ0v) is 7.61. The minimum Gasteiger partial charge on any atom is -0.266 e. The van der Waals surface area contributed by atoms with E-state index < -0.39 is 0 Å². The maximum atomic E-state index is 4.35. The Morgan fingerprint density at radius 3 is 3.30 bits per heavy atom. The van der Waals surface area contributed by atoms with Gasteiger partial charge < -0.3 is 0 Å². The van der Waals surface area contributed by atoms with Crippen LogP contribution in [0.25, 0.3) is 6.08 Å². The van der Waals surface area contributed by atoms with Gasteiger partial charge in [0.2, 0.25) is 0 Å². The minimum absolute atomic E-state index is 0.0698. The molecule has 0 spiro atoms. The summed E-state index contributed by atoms with van der Waals surface area (Å²) in [4.78, 5) is 0. The van der Waals surface area contributed by atoms with Crippen LogP contribution in [0.1, 0.15) is 5.69 Å². The molecule has 4 heteroatoms. The van der Waals surface area contributed by atoms with E-state index in [1.807, 2.05) is 17.9 Å². The van der Waals surface area contributed by atoms with Crippen molar-refractivity contribution in [3.63, 3.8) is 0 Å². The van der Waals surface area contributed by atoms with Crippen molar-refractivity contribution < 1.29 is 0 Å². The summed E-state index contributed by atoms with van der Waals surface area (Å²) < 4.78 is 8.34. The highest BCUT2D eigenvalue weighted by molar-refractivity contribution is 14.2. The first-order chi connectivity index (χ1) is 4.88. The van der Waals surface area contributed by atoms with Gasteiger partial charge in [-0.2, -0.15) is 5.10 Å². The quantitative estimate of drug-likeness (QED) is 0.646. The van der Waals surface area contributed by atoms with Crippen molar-refractivity contribution >= 4 is 32.8 Å². The molecule has 0 amide bonds. The fourth-order valence-corrected chi connectivity index (χ4v) is 2.20. The Kier molecular flexibility index (Phi) is 1.40. The van der Waals surface area contributed by atoms with Crippen LogP contribution in [0.4, 0.5) is 5.69 Å². The molecular weight excluding hydrogens is 241 g/mol. The van der Waals surface area contributed by atoms with Crippen LogP contribution in [-0.4, -0.2) is 9.78 Å². The second-order valence-corrected chi connectivity index (χ2v) is 3.77. The average Bonchev–Trinajstić information content (AvgIpc) is 2.34. The summed E-state index contributed by atoms with van der Waals surface area (Å²) in [6, 6.07) is 0. The Balaban J connectivity index is 2.69. The zero-order valence-electron chi connectivity index (χ0n) is 5.45. The smallest absolute Gasteiger partial charge is 0.114 e. The fourth-order valence-electron chi connectivity index (χ4n) is 0.862. The first-order valence-electron chi connectivity index (χ1n) is 2.90. The van der Waals surface area contributed by atoms with Crippen molar-refractivity contribution in [2.45, 2.75) is 0 Å². The van der Waals surface area contributed by atoms with Gasteiger partial charge in [0.15, 0.2) is 0 Å². The molecule has 2 heterocycles. The second-order valence-electron chi connectivity index (χ2n) is 2.01. The van der Waals surface area contributed by atoms with Crippen LogP contribution >= 0.6 is 21.0 Å². The van der Waals surface area contributed by atoms with Gasteiger partial charge in [-0.3, -0.25) is 4.68 Å². The molecule has 3 nitrogen and oxygen atoms in total. The Hall–Kier alpha value is -0.520. The topological polar surface area (TPSA) is 30.2 Å². The molecule has 0 atom stereocenters. The van der Waals surface area contributed by atoms with Crippen molar-refractivity contribution in [1.82, 2.24) is 9.78 Å². The monoisotopic (exact) mass is 247 g/mol. The standard InChI is InChI=1S/C6H6IN3/c1-10-6-2-3-7-9-5(6)4-8-10/h2-4H,1H3. The number of hydrogen-bond donors (Lipinski definition) is 0. The van der Waals surface area contributed by atoms with Crippen LogP contribution in [0, 0.1) is 0 Å². The number of fused-ring (bicyclic) bond motifs is 1. The summed E-state index contributed by atoms with van der Waals surface area (Å²) >= 11 is -0.0698. The molecule has 52 valence electrons. The third-order valence-electron chi connectivity index (χ3n) is 1.38. The minimum atomic E-state index is -0.0698. The van der Waals surface area contributed by atoms with Gasteiger partial charge in [-0.25, -0.2) is 3.15 Å². The Labute approximate surface area is 68.9 Å². The maximum Gasteiger partial charge on any atom is 0.114 e. The molecule has 0 aromatic carbocycles. The second kappa shape index (κ2) is 2.26. The highest BCUT2D eigenvalue weighted by Crippen LogP contribution is 2.29. The van der Waals surface area contributed by atoms with Crippen molar-refractivity contribution in [2.75, 3.05) is 0 Å². The molecule has 1 aliphatic heterocycles. The lowest BCUT2D eigenvalue weighted by atomic mass is 10.4. The maximum absolute atomic E-state index is 4.35. The molecule has 0 unspecified atom stereocenters. The molecule has 0 saturated carbocycles. The van der Waals surface area contributed by atoms with Gasteiger partial charge in [-0.15, -0.1) is 0 Å². The molecule has 2 rings (SSSR count). The molecule has 1 aliphatic rings. The van der Waals surface area contributed by atoms with Gasteiger partial charge in [0, 0.05) is 28.1 Å². The van der Waals surface area contributed by atoms with Crippen LogP contribution < -0.4 is 0 Å². The molecule has 0 aliphatic carbocycles. The summed E-state index contributed by atoms with van der Waals surface area (Å²) in [5, 5.41) is 4.09. The molecule has 0 fully saturated rings. The SMILES string of the molecule is Cn1ncc2c1C=CI=N2. The Morgan fingerprint density at radius 1 is 1.60 bits per heavy atom. The van der Waals surface area contributed by atoms with Gasteiger partial charge in [0.1, 0.15) is 5.69 Å². The number of hydrogen-bond acceptors (Lipinski definition) is 2. The predicted octanol–water partition coefficient (Wildman–Crippen LogP) is 2.19. The molecule has 0 radical (unpaired) electrons. The van der Waals surface area contributed by atoms with Crippen molar-refractivity contribution in [3.8, 4) is 0 Å². The number of nitrogens with zero attached hydrogens (tertiary/aromatic N) is 3. The van der Waals surface area contributed by atoms with Crippen molar-refractivity contribution in [2.24, 2.45) is 10.2 Å².